The van der Waals surface area contributed by atoms with Crippen molar-refractivity contribution in [1.82, 2.24) is 25.8 Å². The highest BCUT2D eigenvalue weighted by Crippen LogP contribution is 2.21. The van der Waals surface area contributed by atoms with Crippen LogP contribution in [-0.2, 0) is 30.4 Å². The minimum atomic E-state index is -0.872. The summed E-state index contributed by atoms with van der Waals surface area (Å²) in [6.07, 6.45) is 6.45. The molecule has 36 heavy (non-hydrogen) atoms. The molecule has 0 aromatic heterocycles. The first kappa shape index (κ1) is 25.8. The summed E-state index contributed by atoms with van der Waals surface area (Å²) in [5.74, 6) is -1.26. The SMILES string of the molecule is O=[C][C@@H]1CCCN1C(=O)[C@H](Cc1ccccc1)NC(=O)CNC(=O)[C@@H]1CCCN1C(=O)[C@@H]1CCCN1. The Balaban J connectivity index is 1.35. The molecule has 3 saturated heterocycles. The zero-order valence-corrected chi connectivity index (χ0v) is 20.4. The molecule has 1 aromatic rings. The van der Waals surface area contributed by atoms with Gasteiger partial charge in [0.05, 0.1) is 18.6 Å². The van der Waals surface area contributed by atoms with Crippen molar-refractivity contribution in [3.05, 3.63) is 35.9 Å². The molecule has 0 aliphatic carbocycles. The fourth-order valence-corrected chi connectivity index (χ4v) is 5.33. The minimum Gasteiger partial charge on any atom is -0.345 e. The van der Waals surface area contributed by atoms with Gasteiger partial charge in [-0.3, -0.25) is 24.0 Å². The quantitative estimate of drug-likeness (QED) is 0.430. The van der Waals surface area contributed by atoms with Crippen molar-refractivity contribution in [2.45, 2.75) is 69.1 Å². The highest BCUT2D eigenvalue weighted by Gasteiger charge is 2.38. The fraction of sp³-hybridized carbons (Fsp3) is 0.577. The highest BCUT2D eigenvalue weighted by atomic mass is 16.2. The maximum atomic E-state index is 13.2. The van der Waals surface area contributed by atoms with Gasteiger partial charge >= 0.3 is 0 Å². The van der Waals surface area contributed by atoms with Gasteiger partial charge in [0, 0.05) is 19.5 Å². The summed E-state index contributed by atoms with van der Waals surface area (Å²) < 4.78 is 0. The first-order valence-corrected chi connectivity index (χ1v) is 12.8. The van der Waals surface area contributed by atoms with E-state index in [-0.39, 0.29) is 36.7 Å². The van der Waals surface area contributed by atoms with Gasteiger partial charge in [0.1, 0.15) is 12.1 Å². The van der Waals surface area contributed by atoms with Crippen molar-refractivity contribution < 1.29 is 24.0 Å². The summed E-state index contributed by atoms with van der Waals surface area (Å²) in [6.45, 7) is 1.46. The van der Waals surface area contributed by atoms with Crippen LogP contribution in [0.4, 0.5) is 0 Å². The van der Waals surface area contributed by atoms with E-state index in [1.165, 1.54) is 4.90 Å². The molecule has 193 valence electrons. The van der Waals surface area contributed by atoms with Crippen LogP contribution in [0, 0.1) is 0 Å². The van der Waals surface area contributed by atoms with Crippen LogP contribution in [0.5, 0.6) is 0 Å². The van der Waals surface area contributed by atoms with Crippen molar-refractivity contribution in [3.63, 3.8) is 0 Å². The molecule has 1 radical (unpaired) electrons. The number of likely N-dealkylation sites (tertiary alicyclic amines) is 2. The molecule has 3 heterocycles. The Hall–Kier alpha value is -3.27. The minimum absolute atomic E-state index is 0.0599. The number of hydrogen-bond acceptors (Lipinski definition) is 6. The lowest BCUT2D eigenvalue weighted by Crippen LogP contribution is -2.54. The second-order valence-electron chi connectivity index (χ2n) is 9.67. The summed E-state index contributed by atoms with van der Waals surface area (Å²) in [4.78, 5) is 66.1. The molecule has 0 spiro atoms. The molecular weight excluding hydrogens is 462 g/mol. The summed E-state index contributed by atoms with van der Waals surface area (Å²) >= 11 is 0. The van der Waals surface area contributed by atoms with E-state index in [2.05, 4.69) is 16.0 Å². The summed E-state index contributed by atoms with van der Waals surface area (Å²) in [6, 6.07) is 6.99. The summed E-state index contributed by atoms with van der Waals surface area (Å²) in [7, 11) is 0. The molecule has 0 unspecified atom stereocenters. The Morgan fingerprint density at radius 2 is 1.75 bits per heavy atom. The van der Waals surface area contributed by atoms with Gasteiger partial charge < -0.3 is 25.8 Å². The molecule has 0 saturated carbocycles. The Morgan fingerprint density at radius 3 is 2.47 bits per heavy atom. The average molecular weight is 497 g/mol. The lowest BCUT2D eigenvalue weighted by Gasteiger charge is -2.28. The van der Waals surface area contributed by atoms with Gasteiger partial charge in [-0.2, -0.15) is 0 Å². The number of carbonyl (C=O) groups excluding carboxylic acids is 5. The van der Waals surface area contributed by atoms with Gasteiger partial charge in [0.25, 0.3) is 0 Å². The number of hydrogen-bond donors (Lipinski definition) is 3. The molecular formula is C26H34N5O5. The van der Waals surface area contributed by atoms with Crippen LogP contribution in [-0.4, -0.2) is 90.1 Å². The fourth-order valence-electron chi connectivity index (χ4n) is 5.33. The number of benzene rings is 1. The van der Waals surface area contributed by atoms with E-state index in [0.29, 0.717) is 32.4 Å². The van der Waals surface area contributed by atoms with Gasteiger partial charge in [0.2, 0.25) is 29.9 Å². The van der Waals surface area contributed by atoms with Crippen LogP contribution in [0.2, 0.25) is 0 Å². The lowest BCUT2D eigenvalue weighted by molar-refractivity contribution is -0.140. The van der Waals surface area contributed by atoms with E-state index in [0.717, 1.165) is 31.4 Å². The molecule has 1 aromatic carbocycles. The van der Waals surface area contributed by atoms with Crippen molar-refractivity contribution in [1.29, 1.82) is 0 Å². The Morgan fingerprint density at radius 1 is 1.00 bits per heavy atom. The molecule has 10 nitrogen and oxygen atoms in total. The van der Waals surface area contributed by atoms with Crippen molar-refractivity contribution in [2.75, 3.05) is 26.2 Å². The van der Waals surface area contributed by atoms with Crippen LogP contribution in [0.15, 0.2) is 30.3 Å². The predicted molar refractivity (Wildman–Crippen MR) is 131 cm³/mol. The van der Waals surface area contributed by atoms with Crippen LogP contribution in [0.1, 0.15) is 44.1 Å². The summed E-state index contributed by atoms with van der Waals surface area (Å²) in [5, 5.41) is 8.57. The predicted octanol–water partition coefficient (Wildman–Crippen LogP) is -0.326. The zero-order chi connectivity index (χ0) is 25.5. The first-order chi connectivity index (χ1) is 17.5. The third-order valence-electron chi connectivity index (χ3n) is 7.21. The van der Waals surface area contributed by atoms with Crippen LogP contribution >= 0.6 is 0 Å². The van der Waals surface area contributed by atoms with Crippen molar-refractivity contribution in [3.8, 4) is 0 Å². The zero-order valence-electron chi connectivity index (χ0n) is 20.4. The number of nitrogens with one attached hydrogen (secondary N) is 3. The smallest absolute Gasteiger partial charge is 0.246 e. The van der Waals surface area contributed by atoms with Crippen LogP contribution < -0.4 is 16.0 Å². The third-order valence-corrected chi connectivity index (χ3v) is 7.21. The standard InChI is InChI=1S/C26H34N5O5/c32-17-19-9-5-13-30(19)26(36)21(15-18-7-2-1-3-8-18)29-23(33)16-28-24(34)22-11-6-14-31(22)25(35)20-10-4-12-27-20/h1-3,7-8,19-22,27H,4-6,9-16H2,(H,28,34)(H,29,33)/t19-,20-,21-,22-/m0/s1. The Labute approximate surface area is 211 Å². The maximum absolute atomic E-state index is 13.2. The highest BCUT2D eigenvalue weighted by molar-refractivity contribution is 5.94. The molecule has 4 rings (SSSR count). The summed E-state index contributed by atoms with van der Waals surface area (Å²) in [5.41, 5.74) is 0.867. The van der Waals surface area contributed by atoms with Gasteiger partial charge in [0.15, 0.2) is 0 Å². The molecule has 0 bridgehead atoms. The van der Waals surface area contributed by atoms with E-state index in [1.807, 2.05) is 36.6 Å². The van der Waals surface area contributed by atoms with Crippen LogP contribution in [0.25, 0.3) is 0 Å². The average Bonchev–Trinajstić information content (AvgIpc) is 3.68. The van der Waals surface area contributed by atoms with Gasteiger partial charge in [-0.15, -0.1) is 0 Å². The maximum Gasteiger partial charge on any atom is 0.246 e. The molecule has 4 atom stereocenters. The Kier molecular flexibility index (Phi) is 8.69. The lowest BCUT2D eigenvalue weighted by atomic mass is 10.0. The van der Waals surface area contributed by atoms with E-state index < -0.39 is 24.0 Å². The van der Waals surface area contributed by atoms with Crippen molar-refractivity contribution >= 4 is 29.9 Å². The van der Waals surface area contributed by atoms with Gasteiger partial charge in [-0.05, 0) is 50.6 Å². The molecule has 3 N–H and O–H groups in total. The number of rotatable bonds is 9. The number of nitrogens with zero attached hydrogens (tertiary/aromatic N) is 2. The van der Waals surface area contributed by atoms with E-state index >= 15 is 0 Å². The molecule has 3 aliphatic heterocycles. The topological polar surface area (TPSA) is 128 Å². The van der Waals surface area contributed by atoms with E-state index in [4.69, 9.17) is 0 Å². The monoisotopic (exact) mass is 496 g/mol. The Bertz CT molecular complexity index is 965. The van der Waals surface area contributed by atoms with E-state index in [9.17, 15) is 24.0 Å². The molecule has 3 fully saturated rings. The first-order valence-electron chi connectivity index (χ1n) is 12.8. The largest absolute Gasteiger partial charge is 0.345 e. The number of amides is 4. The van der Waals surface area contributed by atoms with E-state index in [1.54, 1.807) is 4.90 Å². The van der Waals surface area contributed by atoms with Gasteiger partial charge in [-0.1, -0.05) is 30.3 Å². The third kappa shape index (κ3) is 6.10. The second-order valence-corrected chi connectivity index (χ2v) is 9.67. The molecule has 10 heteroatoms. The van der Waals surface area contributed by atoms with Gasteiger partial charge in [-0.25, -0.2) is 0 Å². The second kappa shape index (κ2) is 12.1. The normalized spacial score (nSPS) is 24.4. The molecule has 3 aliphatic rings. The number of carbonyl (C=O) groups is 4. The molecule has 4 amide bonds. The van der Waals surface area contributed by atoms with Crippen LogP contribution in [0.3, 0.4) is 0 Å². The van der Waals surface area contributed by atoms with Crippen molar-refractivity contribution in [2.24, 2.45) is 0 Å².